The second-order valence-electron chi connectivity index (χ2n) is 7.94. The Morgan fingerprint density at radius 1 is 0.971 bits per heavy atom. The van der Waals surface area contributed by atoms with Crippen molar-refractivity contribution in [1.29, 1.82) is 0 Å². The van der Waals surface area contributed by atoms with E-state index in [1.165, 1.54) is 18.7 Å². The van der Waals surface area contributed by atoms with Gasteiger partial charge in [-0.05, 0) is 37.3 Å². The highest BCUT2D eigenvalue weighted by Gasteiger charge is 2.32. The summed E-state index contributed by atoms with van der Waals surface area (Å²) in [5.41, 5.74) is 12.0. The fraction of sp³-hybridized carbons (Fsp3) is 0.500. The zero-order valence-electron chi connectivity index (χ0n) is 19.6. The molecule has 5 atom stereocenters. The normalized spacial score (nSPS) is 15.1. The van der Waals surface area contributed by atoms with Gasteiger partial charge in [0.05, 0.1) is 18.6 Å². The molecule has 0 spiro atoms. The van der Waals surface area contributed by atoms with Crippen LogP contribution in [0, 0.1) is 0 Å². The third kappa shape index (κ3) is 10.8. The highest BCUT2D eigenvalue weighted by atomic mass is 32.2. The standard InChI is InChI=1S/C22H33N5O7S/c1-12(28)18(22(33)34)27-20(31)15(8-9-35-2)25-21(32)16(11-17(24)29)26-19(30)14(23)10-13-6-4-3-5-7-13/h3-7,12,14-16,18,28H,8-11,23H2,1-2H3,(H2,24,29)(H,25,32)(H,26,30)(H,27,31)(H,33,34). The molecule has 1 aromatic rings. The molecule has 0 aliphatic heterocycles. The Kier molecular flexibility index (Phi) is 12.8. The molecule has 1 aromatic carbocycles. The number of carbonyl (C=O) groups excluding carboxylic acids is 4. The molecule has 5 unspecified atom stereocenters. The summed E-state index contributed by atoms with van der Waals surface area (Å²) < 4.78 is 0. The largest absolute Gasteiger partial charge is 0.480 e. The van der Waals surface area contributed by atoms with E-state index in [4.69, 9.17) is 11.5 Å². The van der Waals surface area contributed by atoms with Crippen LogP contribution in [0.15, 0.2) is 30.3 Å². The molecule has 13 heteroatoms. The molecule has 1 rings (SSSR count). The van der Waals surface area contributed by atoms with Gasteiger partial charge in [-0.1, -0.05) is 30.3 Å². The van der Waals surface area contributed by atoms with E-state index in [1.807, 2.05) is 6.07 Å². The first kappa shape index (κ1) is 29.9. The molecule has 4 amide bonds. The molecule has 0 heterocycles. The molecule has 12 nitrogen and oxygen atoms in total. The number of aliphatic hydroxyl groups is 1. The first-order chi connectivity index (χ1) is 16.5. The van der Waals surface area contributed by atoms with Gasteiger partial charge in [0.15, 0.2) is 6.04 Å². The van der Waals surface area contributed by atoms with Crippen molar-refractivity contribution in [3.8, 4) is 0 Å². The maximum Gasteiger partial charge on any atom is 0.328 e. The van der Waals surface area contributed by atoms with Gasteiger partial charge in [0, 0.05) is 0 Å². The average molecular weight is 512 g/mol. The zero-order chi connectivity index (χ0) is 26.5. The smallest absolute Gasteiger partial charge is 0.328 e. The number of aliphatic carboxylic acids is 1. The Hall–Kier alpha value is -3.16. The third-order valence-corrected chi connectivity index (χ3v) is 5.61. The molecular formula is C22H33N5O7S. The van der Waals surface area contributed by atoms with E-state index in [2.05, 4.69) is 16.0 Å². The van der Waals surface area contributed by atoms with Crippen molar-refractivity contribution in [2.75, 3.05) is 12.0 Å². The Bertz CT molecular complexity index is 884. The van der Waals surface area contributed by atoms with Crippen LogP contribution in [0.2, 0.25) is 0 Å². The van der Waals surface area contributed by atoms with E-state index < -0.39 is 66.3 Å². The number of thioether (sulfide) groups is 1. The van der Waals surface area contributed by atoms with Gasteiger partial charge in [-0.25, -0.2) is 4.79 Å². The van der Waals surface area contributed by atoms with Crippen LogP contribution in [0.1, 0.15) is 25.3 Å². The van der Waals surface area contributed by atoms with Crippen LogP contribution in [0.25, 0.3) is 0 Å². The predicted octanol–water partition coefficient (Wildman–Crippen LogP) is -1.90. The molecule has 0 aliphatic carbocycles. The van der Waals surface area contributed by atoms with Gasteiger partial charge < -0.3 is 37.6 Å². The van der Waals surface area contributed by atoms with E-state index in [9.17, 15) is 34.2 Å². The van der Waals surface area contributed by atoms with Crippen LogP contribution in [-0.2, 0) is 30.4 Å². The molecule has 0 fully saturated rings. The number of hydrogen-bond acceptors (Lipinski definition) is 8. The molecule has 0 saturated carbocycles. The molecule has 9 N–H and O–H groups in total. The van der Waals surface area contributed by atoms with Crippen molar-refractivity contribution >= 4 is 41.4 Å². The van der Waals surface area contributed by atoms with E-state index in [1.54, 1.807) is 30.5 Å². The number of nitrogens with two attached hydrogens (primary N) is 2. The summed E-state index contributed by atoms with van der Waals surface area (Å²) >= 11 is 1.38. The van der Waals surface area contributed by atoms with Crippen LogP contribution in [0.4, 0.5) is 0 Å². The minimum atomic E-state index is -1.59. The number of amides is 4. The molecule has 0 aliphatic rings. The second kappa shape index (κ2) is 15.0. The molecule has 0 aromatic heterocycles. The SMILES string of the molecule is CSCCC(NC(=O)C(CC(N)=O)NC(=O)C(N)Cc1ccccc1)C(=O)NC(C(=O)O)C(C)O. The fourth-order valence-corrected chi connectivity index (χ4v) is 3.54. The molecule has 0 saturated heterocycles. The summed E-state index contributed by atoms with van der Waals surface area (Å²) in [7, 11) is 0. The van der Waals surface area contributed by atoms with Gasteiger partial charge in [-0.15, -0.1) is 0 Å². The van der Waals surface area contributed by atoms with Crippen LogP contribution >= 0.6 is 11.8 Å². The predicted molar refractivity (Wildman–Crippen MR) is 130 cm³/mol. The van der Waals surface area contributed by atoms with Crippen LogP contribution < -0.4 is 27.4 Å². The van der Waals surface area contributed by atoms with Crippen molar-refractivity contribution in [2.24, 2.45) is 11.5 Å². The molecule has 0 bridgehead atoms. The van der Waals surface area contributed by atoms with Crippen molar-refractivity contribution < 1.29 is 34.2 Å². The Morgan fingerprint density at radius 3 is 2.06 bits per heavy atom. The number of carbonyl (C=O) groups is 5. The fourth-order valence-electron chi connectivity index (χ4n) is 3.07. The number of carboxylic acid groups (broad SMARTS) is 1. The van der Waals surface area contributed by atoms with Crippen molar-refractivity contribution in [1.82, 2.24) is 16.0 Å². The van der Waals surface area contributed by atoms with E-state index >= 15 is 0 Å². The minimum absolute atomic E-state index is 0.121. The molecule has 0 radical (unpaired) electrons. The van der Waals surface area contributed by atoms with Crippen molar-refractivity contribution in [3.63, 3.8) is 0 Å². The first-order valence-electron chi connectivity index (χ1n) is 10.8. The Morgan fingerprint density at radius 2 is 1.54 bits per heavy atom. The lowest BCUT2D eigenvalue weighted by atomic mass is 10.0. The van der Waals surface area contributed by atoms with Crippen molar-refractivity contribution in [2.45, 2.75) is 56.5 Å². The van der Waals surface area contributed by atoms with Gasteiger partial charge in [0.25, 0.3) is 0 Å². The maximum atomic E-state index is 12.9. The number of rotatable bonds is 15. The maximum absolute atomic E-state index is 12.9. The average Bonchev–Trinajstić information content (AvgIpc) is 2.79. The Labute approximate surface area is 207 Å². The van der Waals surface area contributed by atoms with Crippen LogP contribution in [-0.4, -0.2) is 82.1 Å². The number of carboxylic acids is 1. The summed E-state index contributed by atoms with van der Waals surface area (Å²) in [6, 6.07) is 3.75. The third-order valence-electron chi connectivity index (χ3n) is 4.96. The lowest BCUT2D eigenvalue weighted by molar-refractivity contribution is -0.145. The van der Waals surface area contributed by atoms with Crippen molar-refractivity contribution in [3.05, 3.63) is 35.9 Å². The number of primary amides is 1. The summed E-state index contributed by atoms with van der Waals surface area (Å²) in [6.45, 7) is 1.20. The summed E-state index contributed by atoms with van der Waals surface area (Å²) in [5.74, 6) is -4.29. The molecule has 194 valence electrons. The van der Waals surface area contributed by atoms with E-state index in [0.717, 1.165) is 5.56 Å². The van der Waals surface area contributed by atoms with Crippen LogP contribution in [0.5, 0.6) is 0 Å². The van der Waals surface area contributed by atoms with Crippen LogP contribution in [0.3, 0.4) is 0 Å². The summed E-state index contributed by atoms with van der Waals surface area (Å²) in [5, 5.41) is 25.8. The minimum Gasteiger partial charge on any atom is -0.480 e. The van der Waals surface area contributed by atoms with E-state index in [0.29, 0.717) is 5.75 Å². The molecular weight excluding hydrogens is 478 g/mol. The van der Waals surface area contributed by atoms with E-state index in [-0.39, 0.29) is 12.8 Å². The number of aliphatic hydroxyl groups excluding tert-OH is 1. The second-order valence-corrected chi connectivity index (χ2v) is 8.92. The lowest BCUT2D eigenvalue weighted by Crippen LogP contribution is -2.59. The quantitative estimate of drug-likeness (QED) is 0.140. The summed E-state index contributed by atoms with van der Waals surface area (Å²) in [4.78, 5) is 61.0. The number of benzene rings is 1. The zero-order valence-corrected chi connectivity index (χ0v) is 20.4. The Balaban J connectivity index is 2.95. The van der Waals surface area contributed by atoms with Gasteiger partial charge in [0.2, 0.25) is 23.6 Å². The monoisotopic (exact) mass is 511 g/mol. The lowest BCUT2D eigenvalue weighted by Gasteiger charge is -2.25. The highest BCUT2D eigenvalue weighted by Crippen LogP contribution is 2.06. The number of nitrogens with one attached hydrogen (secondary N) is 3. The molecule has 35 heavy (non-hydrogen) atoms. The first-order valence-corrected chi connectivity index (χ1v) is 12.2. The number of hydrogen-bond donors (Lipinski definition) is 7. The van der Waals surface area contributed by atoms with Gasteiger partial charge in [-0.3, -0.25) is 19.2 Å². The highest BCUT2D eigenvalue weighted by molar-refractivity contribution is 7.98. The van der Waals surface area contributed by atoms with Gasteiger partial charge >= 0.3 is 5.97 Å². The van der Waals surface area contributed by atoms with Gasteiger partial charge in [0.1, 0.15) is 12.1 Å². The topological polar surface area (TPSA) is 214 Å². The van der Waals surface area contributed by atoms with Gasteiger partial charge in [-0.2, -0.15) is 11.8 Å². The summed E-state index contributed by atoms with van der Waals surface area (Å²) in [6.07, 6.45) is 0.151.